The van der Waals surface area contributed by atoms with Gasteiger partial charge in [0.1, 0.15) is 10.5 Å². The van der Waals surface area contributed by atoms with Gasteiger partial charge < -0.3 is 9.73 Å². The van der Waals surface area contributed by atoms with Crippen LogP contribution >= 0.6 is 22.7 Å². The minimum Gasteiger partial charge on any atom is -0.436 e. The zero-order chi connectivity index (χ0) is 19.6. The molecule has 0 radical (unpaired) electrons. The van der Waals surface area contributed by atoms with Crippen LogP contribution in [0.4, 0.5) is 5.69 Å². The average molecular weight is 418 g/mol. The number of thiazole rings is 1. The van der Waals surface area contributed by atoms with Gasteiger partial charge in [0.05, 0.1) is 17.0 Å². The predicted octanol–water partition coefficient (Wildman–Crippen LogP) is 5.86. The Morgan fingerprint density at radius 3 is 2.62 bits per heavy atom. The van der Waals surface area contributed by atoms with Crippen molar-refractivity contribution in [3.05, 3.63) is 77.1 Å². The van der Waals surface area contributed by atoms with Crippen LogP contribution in [0.1, 0.15) is 5.69 Å². The van der Waals surface area contributed by atoms with Crippen LogP contribution < -0.4 is 5.32 Å². The summed E-state index contributed by atoms with van der Waals surface area (Å²) >= 11 is 3.20. The van der Waals surface area contributed by atoms with Gasteiger partial charge in [0.15, 0.2) is 5.58 Å². The van der Waals surface area contributed by atoms with Gasteiger partial charge in [0.25, 0.3) is 0 Å². The first-order chi connectivity index (χ1) is 14.2. The minimum atomic E-state index is -0.0948. The monoisotopic (exact) mass is 417 g/mol. The lowest BCUT2D eigenvalue weighted by atomic mass is 10.2. The summed E-state index contributed by atoms with van der Waals surface area (Å²) in [4.78, 5) is 22.5. The SMILES string of the molecule is O=C(Cc1csc(-c2cccs2)n1)Nc1ccc(-c2nc3ccccc3o2)cc1. The summed E-state index contributed by atoms with van der Waals surface area (Å²) in [5.41, 5.74) is 3.94. The molecular weight excluding hydrogens is 402 g/mol. The van der Waals surface area contributed by atoms with Gasteiger partial charge in [-0.2, -0.15) is 0 Å². The minimum absolute atomic E-state index is 0.0948. The van der Waals surface area contributed by atoms with E-state index in [4.69, 9.17) is 4.42 Å². The number of hydrogen-bond donors (Lipinski definition) is 1. The molecule has 7 heteroatoms. The van der Waals surface area contributed by atoms with E-state index in [1.165, 1.54) is 0 Å². The number of benzene rings is 2. The Morgan fingerprint density at radius 1 is 0.966 bits per heavy atom. The number of hydrogen-bond acceptors (Lipinski definition) is 6. The number of anilines is 1. The Kier molecular flexibility index (Phi) is 4.67. The second kappa shape index (κ2) is 7.62. The van der Waals surface area contributed by atoms with E-state index in [0.717, 1.165) is 37.9 Å². The van der Waals surface area contributed by atoms with Crippen LogP contribution in [0.25, 0.3) is 32.4 Å². The number of fused-ring (bicyclic) bond motifs is 1. The lowest BCUT2D eigenvalue weighted by molar-refractivity contribution is -0.115. The first-order valence-corrected chi connectivity index (χ1v) is 10.7. The Balaban J connectivity index is 1.25. The van der Waals surface area contributed by atoms with E-state index in [1.54, 1.807) is 22.7 Å². The molecule has 2 aromatic carbocycles. The van der Waals surface area contributed by atoms with Gasteiger partial charge in [0.2, 0.25) is 11.8 Å². The van der Waals surface area contributed by atoms with Crippen molar-refractivity contribution in [3.8, 4) is 21.3 Å². The Hall–Kier alpha value is -3.29. The number of carbonyl (C=O) groups excluding carboxylic acids is 1. The van der Waals surface area contributed by atoms with Crippen molar-refractivity contribution in [2.45, 2.75) is 6.42 Å². The number of rotatable bonds is 5. The summed E-state index contributed by atoms with van der Waals surface area (Å²) in [6.07, 6.45) is 0.245. The summed E-state index contributed by atoms with van der Waals surface area (Å²) in [7, 11) is 0. The van der Waals surface area contributed by atoms with Crippen LogP contribution in [0.5, 0.6) is 0 Å². The molecule has 0 bridgehead atoms. The van der Waals surface area contributed by atoms with Crippen LogP contribution in [0.3, 0.4) is 0 Å². The molecule has 0 saturated carbocycles. The maximum absolute atomic E-state index is 12.4. The summed E-state index contributed by atoms with van der Waals surface area (Å²) in [6, 6.07) is 19.2. The van der Waals surface area contributed by atoms with Crippen molar-refractivity contribution in [2.75, 3.05) is 5.32 Å². The van der Waals surface area contributed by atoms with Crippen LogP contribution in [0.2, 0.25) is 0 Å². The first kappa shape index (κ1) is 17.8. The van der Waals surface area contributed by atoms with Crippen LogP contribution in [0, 0.1) is 0 Å². The maximum Gasteiger partial charge on any atom is 0.230 e. The van der Waals surface area contributed by atoms with Crippen molar-refractivity contribution in [1.82, 2.24) is 9.97 Å². The molecule has 0 aliphatic carbocycles. The molecule has 5 aromatic rings. The quantitative estimate of drug-likeness (QED) is 0.389. The van der Waals surface area contributed by atoms with Gasteiger partial charge in [-0.25, -0.2) is 9.97 Å². The molecule has 29 heavy (non-hydrogen) atoms. The molecule has 0 atom stereocenters. The Morgan fingerprint density at radius 2 is 1.83 bits per heavy atom. The molecule has 1 amide bonds. The van der Waals surface area contributed by atoms with Gasteiger partial charge in [0, 0.05) is 16.6 Å². The van der Waals surface area contributed by atoms with E-state index < -0.39 is 0 Å². The van der Waals surface area contributed by atoms with E-state index in [1.807, 2.05) is 71.4 Å². The van der Waals surface area contributed by atoms with Crippen LogP contribution in [-0.4, -0.2) is 15.9 Å². The summed E-state index contributed by atoms with van der Waals surface area (Å²) in [6.45, 7) is 0. The molecule has 142 valence electrons. The van der Waals surface area contributed by atoms with Crippen molar-refractivity contribution in [3.63, 3.8) is 0 Å². The normalized spacial score (nSPS) is 11.0. The highest BCUT2D eigenvalue weighted by molar-refractivity contribution is 7.20. The van der Waals surface area contributed by atoms with Crippen LogP contribution in [0.15, 0.2) is 75.8 Å². The Labute approximate surface area is 174 Å². The zero-order valence-electron chi connectivity index (χ0n) is 15.2. The van der Waals surface area contributed by atoms with Crippen molar-refractivity contribution in [1.29, 1.82) is 0 Å². The molecule has 0 spiro atoms. The number of nitrogens with one attached hydrogen (secondary N) is 1. The largest absolute Gasteiger partial charge is 0.436 e. The van der Waals surface area contributed by atoms with E-state index in [2.05, 4.69) is 15.3 Å². The second-order valence-corrected chi connectivity index (χ2v) is 8.22. The molecule has 0 unspecified atom stereocenters. The topological polar surface area (TPSA) is 68.0 Å². The maximum atomic E-state index is 12.4. The molecule has 0 fully saturated rings. The van der Waals surface area contributed by atoms with Gasteiger partial charge in [-0.05, 0) is 47.8 Å². The third-order valence-corrected chi connectivity index (χ3v) is 6.27. The third kappa shape index (κ3) is 3.83. The number of oxazole rings is 1. The fraction of sp³-hybridized carbons (Fsp3) is 0.0455. The van der Waals surface area contributed by atoms with E-state index in [0.29, 0.717) is 5.89 Å². The van der Waals surface area contributed by atoms with E-state index in [-0.39, 0.29) is 12.3 Å². The van der Waals surface area contributed by atoms with Crippen molar-refractivity contribution < 1.29 is 9.21 Å². The Bertz CT molecular complexity index is 1240. The third-order valence-electron chi connectivity index (χ3n) is 4.33. The standard InChI is InChI=1S/C22H15N3O2S2/c26-20(12-16-13-29-22(24-16)19-6-3-11-28-19)23-15-9-7-14(8-10-15)21-25-17-4-1-2-5-18(17)27-21/h1-11,13H,12H2,(H,23,26). The van der Waals surface area contributed by atoms with Gasteiger partial charge >= 0.3 is 0 Å². The van der Waals surface area contributed by atoms with E-state index >= 15 is 0 Å². The van der Waals surface area contributed by atoms with Crippen molar-refractivity contribution in [2.24, 2.45) is 0 Å². The highest BCUT2D eigenvalue weighted by Crippen LogP contribution is 2.28. The predicted molar refractivity (Wildman–Crippen MR) is 117 cm³/mol. The lowest BCUT2D eigenvalue weighted by Gasteiger charge is -2.04. The molecule has 5 nitrogen and oxygen atoms in total. The summed E-state index contributed by atoms with van der Waals surface area (Å²) in [5, 5.41) is 7.82. The zero-order valence-corrected chi connectivity index (χ0v) is 16.8. The van der Waals surface area contributed by atoms with E-state index in [9.17, 15) is 4.79 Å². The fourth-order valence-electron chi connectivity index (χ4n) is 2.96. The highest BCUT2D eigenvalue weighted by Gasteiger charge is 2.11. The fourth-order valence-corrected chi connectivity index (χ4v) is 4.60. The lowest BCUT2D eigenvalue weighted by Crippen LogP contribution is -2.14. The van der Waals surface area contributed by atoms with Gasteiger partial charge in [-0.1, -0.05) is 18.2 Å². The number of thiophene rings is 1. The molecule has 0 aliphatic heterocycles. The number of amides is 1. The highest BCUT2D eigenvalue weighted by atomic mass is 32.1. The summed E-state index contributed by atoms with van der Waals surface area (Å²) < 4.78 is 5.78. The second-order valence-electron chi connectivity index (χ2n) is 6.41. The molecule has 3 aromatic heterocycles. The van der Waals surface area contributed by atoms with Gasteiger partial charge in [-0.15, -0.1) is 22.7 Å². The number of para-hydroxylation sites is 2. The molecular formula is C22H15N3O2S2. The smallest absolute Gasteiger partial charge is 0.230 e. The number of aromatic nitrogens is 2. The average Bonchev–Trinajstić information content (AvgIpc) is 3.48. The van der Waals surface area contributed by atoms with Crippen LogP contribution in [-0.2, 0) is 11.2 Å². The number of carbonyl (C=O) groups is 1. The van der Waals surface area contributed by atoms with Gasteiger partial charge in [-0.3, -0.25) is 4.79 Å². The summed E-state index contributed by atoms with van der Waals surface area (Å²) in [5.74, 6) is 0.468. The molecule has 1 N–H and O–H groups in total. The molecule has 0 saturated heterocycles. The first-order valence-electron chi connectivity index (χ1n) is 8.99. The molecule has 3 heterocycles. The molecule has 5 rings (SSSR count). The molecule has 0 aliphatic rings. The number of nitrogens with zero attached hydrogens (tertiary/aromatic N) is 2. The van der Waals surface area contributed by atoms with Crippen molar-refractivity contribution >= 4 is 45.4 Å².